The lowest BCUT2D eigenvalue weighted by atomic mass is 10.1. The number of nitrogens with one attached hydrogen (secondary N) is 1. The molecule has 1 aliphatic heterocycles. The van der Waals surface area contributed by atoms with Crippen LogP contribution in [-0.2, 0) is 4.74 Å². The Labute approximate surface area is 132 Å². The van der Waals surface area contributed by atoms with Crippen LogP contribution in [0.1, 0.15) is 15.9 Å². The summed E-state index contributed by atoms with van der Waals surface area (Å²) in [6.07, 6.45) is -0.399. The minimum absolute atomic E-state index is 0.132. The van der Waals surface area contributed by atoms with E-state index in [0.717, 1.165) is 5.56 Å². The first kappa shape index (κ1) is 15.0. The van der Waals surface area contributed by atoms with Crippen LogP contribution < -0.4 is 10.2 Å². The summed E-state index contributed by atoms with van der Waals surface area (Å²) < 4.78 is 18.6. The van der Waals surface area contributed by atoms with Crippen molar-refractivity contribution in [2.45, 2.75) is 6.92 Å². The summed E-state index contributed by atoms with van der Waals surface area (Å²) in [6.45, 7) is 2.61. The van der Waals surface area contributed by atoms with E-state index < -0.39 is 17.8 Å². The molecule has 1 heterocycles. The molecule has 2 amide bonds. The van der Waals surface area contributed by atoms with E-state index >= 15 is 0 Å². The van der Waals surface area contributed by atoms with Crippen LogP contribution in [0.2, 0.25) is 0 Å². The van der Waals surface area contributed by atoms with Gasteiger partial charge in [0.25, 0.3) is 5.91 Å². The Morgan fingerprint density at radius 3 is 2.57 bits per heavy atom. The third-order valence-electron chi connectivity index (χ3n) is 3.57. The highest BCUT2D eigenvalue weighted by molar-refractivity contribution is 6.04. The number of hydrogen-bond acceptors (Lipinski definition) is 3. The van der Waals surface area contributed by atoms with Gasteiger partial charge in [0.05, 0.1) is 12.2 Å². The Morgan fingerprint density at radius 1 is 1.22 bits per heavy atom. The number of rotatable bonds is 3. The van der Waals surface area contributed by atoms with Gasteiger partial charge in [-0.25, -0.2) is 9.18 Å². The highest BCUT2D eigenvalue weighted by atomic mass is 19.1. The molecule has 0 saturated carbocycles. The number of hydrogen-bond donors (Lipinski definition) is 1. The van der Waals surface area contributed by atoms with Crippen LogP contribution >= 0.6 is 0 Å². The zero-order valence-electron chi connectivity index (χ0n) is 12.5. The number of anilines is 2. The molecule has 6 heteroatoms. The maximum atomic E-state index is 13.8. The van der Waals surface area contributed by atoms with Crippen molar-refractivity contribution >= 4 is 23.4 Å². The first-order chi connectivity index (χ1) is 11.0. The molecule has 1 saturated heterocycles. The van der Waals surface area contributed by atoms with Crippen LogP contribution in [-0.4, -0.2) is 25.2 Å². The highest BCUT2D eigenvalue weighted by Crippen LogP contribution is 2.20. The molecule has 0 aliphatic carbocycles. The molecule has 0 bridgehead atoms. The first-order valence-electron chi connectivity index (χ1n) is 7.16. The number of benzene rings is 2. The lowest BCUT2D eigenvalue weighted by Gasteiger charge is -2.13. The maximum absolute atomic E-state index is 13.8. The summed E-state index contributed by atoms with van der Waals surface area (Å²) in [5, 5.41) is 2.53. The molecule has 0 radical (unpaired) electrons. The number of cyclic esters (lactones) is 1. The minimum atomic E-state index is -0.477. The predicted octanol–water partition coefficient (Wildman–Crippen LogP) is 3.34. The third kappa shape index (κ3) is 3.15. The molecule has 0 unspecified atom stereocenters. The second kappa shape index (κ2) is 6.08. The van der Waals surface area contributed by atoms with Crippen LogP contribution in [0.4, 0.5) is 20.6 Å². The maximum Gasteiger partial charge on any atom is 0.414 e. The Morgan fingerprint density at radius 2 is 1.96 bits per heavy atom. The average molecular weight is 314 g/mol. The standard InChI is InChI=1S/C17H15FN2O3/c1-11-2-7-15(14(18)10-11)19-16(21)12-3-5-13(6-4-12)20-8-9-23-17(20)22/h2-7,10H,8-9H2,1H3,(H,19,21). The smallest absolute Gasteiger partial charge is 0.414 e. The fourth-order valence-corrected chi connectivity index (χ4v) is 2.34. The molecule has 0 spiro atoms. The quantitative estimate of drug-likeness (QED) is 0.945. The van der Waals surface area contributed by atoms with Crippen molar-refractivity contribution in [2.75, 3.05) is 23.4 Å². The number of aryl methyl sites for hydroxylation is 1. The first-order valence-corrected chi connectivity index (χ1v) is 7.16. The predicted molar refractivity (Wildman–Crippen MR) is 84.2 cm³/mol. The van der Waals surface area contributed by atoms with Gasteiger partial charge in [-0.1, -0.05) is 6.07 Å². The summed E-state index contributed by atoms with van der Waals surface area (Å²) >= 11 is 0. The topological polar surface area (TPSA) is 58.6 Å². The Bertz CT molecular complexity index is 759. The molecule has 3 rings (SSSR count). The van der Waals surface area contributed by atoms with Crippen LogP contribution in [0.25, 0.3) is 0 Å². The summed E-state index contributed by atoms with van der Waals surface area (Å²) in [4.78, 5) is 25.1. The zero-order valence-corrected chi connectivity index (χ0v) is 12.5. The van der Waals surface area contributed by atoms with E-state index in [1.54, 1.807) is 37.3 Å². The van der Waals surface area contributed by atoms with Crippen molar-refractivity contribution < 1.29 is 18.7 Å². The molecule has 118 valence electrons. The summed E-state index contributed by atoms with van der Waals surface area (Å²) in [7, 11) is 0. The van der Waals surface area contributed by atoms with E-state index in [0.29, 0.717) is 24.4 Å². The van der Waals surface area contributed by atoms with Crippen LogP contribution in [0.15, 0.2) is 42.5 Å². The van der Waals surface area contributed by atoms with E-state index in [9.17, 15) is 14.0 Å². The van der Waals surface area contributed by atoms with E-state index in [1.807, 2.05) is 0 Å². The van der Waals surface area contributed by atoms with Gasteiger partial charge < -0.3 is 10.1 Å². The SMILES string of the molecule is Cc1ccc(NC(=O)c2ccc(N3CCOC3=O)cc2)c(F)c1. The molecule has 0 aromatic heterocycles. The number of ether oxygens (including phenoxy) is 1. The highest BCUT2D eigenvalue weighted by Gasteiger charge is 2.23. The molecule has 1 N–H and O–H groups in total. The average Bonchev–Trinajstić information content (AvgIpc) is 2.96. The second-order valence-electron chi connectivity index (χ2n) is 5.25. The third-order valence-corrected chi connectivity index (χ3v) is 3.57. The number of carbonyl (C=O) groups is 2. The van der Waals surface area contributed by atoms with Gasteiger partial charge in [0.2, 0.25) is 0 Å². The van der Waals surface area contributed by atoms with E-state index in [4.69, 9.17) is 4.74 Å². The molecule has 2 aromatic rings. The number of amides is 2. The molecule has 1 fully saturated rings. The number of carbonyl (C=O) groups excluding carboxylic acids is 2. The lowest BCUT2D eigenvalue weighted by Crippen LogP contribution is -2.23. The van der Waals surface area contributed by atoms with Gasteiger partial charge in [-0.15, -0.1) is 0 Å². The van der Waals surface area contributed by atoms with Gasteiger partial charge in [-0.3, -0.25) is 9.69 Å². The van der Waals surface area contributed by atoms with Gasteiger partial charge in [-0.05, 0) is 48.9 Å². The summed E-state index contributed by atoms with van der Waals surface area (Å²) in [5.74, 6) is -0.891. The van der Waals surface area contributed by atoms with Crippen LogP contribution in [0, 0.1) is 12.7 Å². The van der Waals surface area contributed by atoms with Gasteiger partial charge in [0.1, 0.15) is 12.4 Å². The zero-order chi connectivity index (χ0) is 16.4. The largest absolute Gasteiger partial charge is 0.447 e. The summed E-state index contributed by atoms with van der Waals surface area (Å²) in [5.41, 5.74) is 1.95. The number of halogens is 1. The molecular weight excluding hydrogens is 299 g/mol. The van der Waals surface area contributed by atoms with E-state index in [-0.39, 0.29) is 5.69 Å². The van der Waals surface area contributed by atoms with E-state index in [1.165, 1.54) is 17.0 Å². The van der Waals surface area contributed by atoms with E-state index in [2.05, 4.69) is 5.32 Å². The Kier molecular flexibility index (Phi) is 3.97. The molecule has 2 aromatic carbocycles. The van der Waals surface area contributed by atoms with Gasteiger partial charge in [0.15, 0.2) is 0 Å². The van der Waals surface area contributed by atoms with Crippen LogP contribution in [0.5, 0.6) is 0 Å². The van der Waals surface area contributed by atoms with Crippen molar-refractivity contribution in [3.05, 3.63) is 59.4 Å². The van der Waals surface area contributed by atoms with Gasteiger partial charge in [-0.2, -0.15) is 0 Å². The minimum Gasteiger partial charge on any atom is -0.447 e. The summed E-state index contributed by atoms with van der Waals surface area (Å²) in [6, 6.07) is 11.1. The Balaban J connectivity index is 1.74. The van der Waals surface area contributed by atoms with Crippen molar-refractivity contribution in [3.63, 3.8) is 0 Å². The van der Waals surface area contributed by atoms with Crippen molar-refractivity contribution in [1.82, 2.24) is 0 Å². The fraction of sp³-hybridized carbons (Fsp3) is 0.176. The number of nitrogens with zero attached hydrogens (tertiary/aromatic N) is 1. The monoisotopic (exact) mass is 314 g/mol. The molecule has 5 nitrogen and oxygen atoms in total. The van der Waals surface area contributed by atoms with Crippen molar-refractivity contribution in [3.8, 4) is 0 Å². The van der Waals surface area contributed by atoms with Crippen molar-refractivity contribution in [1.29, 1.82) is 0 Å². The van der Waals surface area contributed by atoms with Crippen molar-refractivity contribution in [2.24, 2.45) is 0 Å². The van der Waals surface area contributed by atoms with Gasteiger partial charge >= 0.3 is 6.09 Å². The van der Waals surface area contributed by atoms with Gasteiger partial charge in [0, 0.05) is 11.3 Å². The molecular formula is C17H15FN2O3. The molecule has 0 atom stereocenters. The fourth-order valence-electron chi connectivity index (χ4n) is 2.34. The second-order valence-corrected chi connectivity index (χ2v) is 5.25. The normalized spacial score (nSPS) is 13.8. The van der Waals surface area contributed by atoms with Crippen LogP contribution in [0.3, 0.4) is 0 Å². The lowest BCUT2D eigenvalue weighted by molar-refractivity contribution is 0.102. The molecule has 23 heavy (non-hydrogen) atoms. The Hall–Kier alpha value is -2.89. The molecule has 1 aliphatic rings.